The summed E-state index contributed by atoms with van der Waals surface area (Å²) in [5.41, 5.74) is 3.38. The lowest BCUT2D eigenvalue weighted by atomic mass is 10.1. The first-order chi connectivity index (χ1) is 15.0. The van der Waals surface area contributed by atoms with E-state index in [2.05, 4.69) is 15.3 Å². The molecule has 0 saturated carbocycles. The van der Waals surface area contributed by atoms with E-state index in [1.807, 2.05) is 54.8 Å². The lowest BCUT2D eigenvalue weighted by molar-refractivity contribution is 0.102. The maximum Gasteiger partial charge on any atom is 0.259 e. The summed E-state index contributed by atoms with van der Waals surface area (Å²) in [6.45, 7) is 1.81. The first kappa shape index (κ1) is 20.6. The first-order valence-corrected chi connectivity index (χ1v) is 10.3. The molecule has 2 aromatic carbocycles. The molecular weight excluding hydrogens is 414 g/mol. The number of pyridine rings is 1. The van der Waals surface area contributed by atoms with Gasteiger partial charge in [0.2, 0.25) is 0 Å². The maximum absolute atomic E-state index is 12.9. The number of amides is 1. The molecule has 1 amide bonds. The van der Waals surface area contributed by atoms with Gasteiger partial charge in [-0.05, 0) is 43.3 Å². The van der Waals surface area contributed by atoms with Crippen LogP contribution in [0.25, 0.3) is 22.2 Å². The fraction of sp³-hybridized carbons (Fsp3) is 0.174. The van der Waals surface area contributed by atoms with Crippen LogP contribution in [-0.4, -0.2) is 37.2 Å². The average molecular weight is 436 g/mol. The van der Waals surface area contributed by atoms with Gasteiger partial charge >= 0.3 is 0 Å². The van der Waals surface area contributed by atoms with Crippen LogP contribution >= 0.6 is 11.3 Å². The SMILES string of the molecule is COc1ccc(OC)c(-c2csc(NC(=O)c3cc4ccc(OC)cc4nc3C)n2)c1. The Morgan fingerprint density at radius 2 is 1.68 bits per heavy atom. The molecule has 0 aliphatic heterocycles. The van der Waals surface area contributed by atoms with Crippen molar-refractivity contribution in [1.29, 1.82) is 0 Å². The molecule has 8 heteroatoms. The zero-order valence-electron chi connectivity index (χ0n) is 17.6. The summed E-state index contributed by atoms with van der Waals surface area (Å²) >= 11 is 1.34. The van der Waals surface area contributed by atoms with Gasteiger partial charge in [0.1, 0.15) is 17.2 Å². The van der Waals surface area contributed by atoms with E-state index in [9.17, 15) is 4.79 Å². The minimum atomic E-state index is -0.263. The number of carbonyl (C=O) groups is 1. The van der Waals surface area contributed by atoms with Crippen LogP contribution in [0, 0.1) is 6.92 Å². The number of ether oxygens (including phenoxy) is 3. The van der Waals surface area contributed by atoms with E-state index in [4.69, 9.17) is 14.2 Å². The summed E-state index contributed by atoms with van der Waals surface area (Å²) in [4.78, 5) is 22.0. The van der Waals surface area contributed by atoms with E-state index in [0.29, 0.717) is 33.6 Å². The van der Waals surface area contributed by atoms with Crippen LogP contribution in [0.5, 0.6) is 17.2 Å². The van der Waals surface area contributed by atoms with Crippen LogP contribution in [0.4, 0.5) is 5.13 Å². The van der Waals surface area contributed by atoms with Crippen molar-refractivity contribution in [2.75, 3.05) is 26.6 Å². The minimum absolute atomic E-state index is 0.263. The quantitative estimate of drug-likeness (QED) is 0.462. The largest absolute Gasteiger partial charge is 0.497 e. The molecule has 31 heavy (non-hydrogen) atoms. The third kappa shape index (κ3) is 4.15. The number of aromatic nitrogens is 2. The van der Waals surface area contributed by atoms with E-state index in [-0.39, 0.29) is 5.91 Å². The van der Waals surface area contributed by atoms with Crippen LogP contribution in [-0.2, 0) is 0 Å². The van der Waals surface area contributed by atoms with Gasteiger partial charge in [0.05, 0.1) is 43.8 Å². The highest BCUT2D eigenvalue weighted by Gasteiger charge is 2.16. The van der Waals surface area contributed by atoms with Crippen molar-refractivity contribution in [3.8, 4) is 28.5 Å². The lowest BCUT2D eigenvalue weighted by Gasteiger charge is -2.09. The van der Waals surface area contributed by atoms with E-state index in [1.54, 1.807) is 21.3 Å². The second-order valence-corrected chi connectivity index (χ2v) is 7.60. The molecule has 0 aliphatic carbocycles. The van der Waals surface area contributed by atoms with E-state index in [0.717, 1.165) is 22.2 Å². The molecule has 0 radical (unpaired) electrons. The highest BCUT2D eigenvalue weighted by molar-refractivity contribution is 7.14. The Balaban J connectivity index is 1.61. The average Bonchev–Trinajstić information content (AvgIpc) is 3.25. The molecule has 2 heterocycles. The summed E-state index contributed by atoms with van der Waals surface area (Å²) in [5.74, 6) is 1.83. The van der Waals surface area contributed by atoms with Gasteiger partial charge in [0.15, 0.2) is 5.13 Å². The Bertz CT molecular complexity index is 1270. The lowest BCUT2D eigenvalue weighted by Crippen LogP contribution is -2.14. The molecule has 7 nitrogen and oxygen atoms in total. The number of rotatable bonds is 6. The summed E-state index contributed by atoms with van der Waals surface area (Å²) in [6.07, 6.45) is 0. The van der Waals surface area contributed by atoms with Crippen molar-refractivity contribution in [3.05, 3.63) is 59.1 Å². The van der Waals surface area contributed by atoms with Crippen molar-refractivity contribution in [2.45, 2.75) is 6.92 Å². The number of benzene rings is 2. The number of nitrogens with one attached hydrogen (secondary N) is 1. The third-order valence-electron chi connectivity index (χ3n) is 4.87. The number of fused-ring (bicyclic) bond motifs is 1. The molecule has 0 spiro atoms. The smallest absolute Gasteiger partial charge is 0.259 e. The van der Waals surface area contributed by atoms with Gasteiger partial charge in [-0.1, -0.05) is 0 Å². The molecule has 0 saturated heterocycles. The molecule has 4 rings (SSSR count). The molecular formula is C23H21N3O4S. The summed E-state index contributed by atoms with van der Waals surface area (Å²) in [5, 5.41) is 6.08. The van der Waals surface area contributed by atoms with Gasteiger partial charge in [-0.25, -0.2) is 4.98 Å². The van der Waals surface area contributed by atoms with Gasteiger partial charge in [-0.2, -0.15) is 0 Å². The number of carbonyl (C=O) groups excluding carboxylic acids is 1. The van der Waals surface area contributed by atoms with Crippen LogP contribution in [0.1, 0.15) is 16.1 Å². The number of hydrogen-bond donors (Lipinski definition) is 1. The second kappa shape index (κ2) is 8.61. The van der Waals surface area contributed by atoms with Crippen molar-refractivity contribution >= 4 is 33.3 Å². The molecule has 0 aliphatic rings. The molecule has 2 aromatic heterocycles. The van der Waals surface area contributed by atoms with Gasteiger partial charge in [0.25, 0.3) is 5.91 Å². The van der Waals surface area contributed by atoms with Crippen LogP contribution < -0.4 is 19.5 Å². The number of thiazole rings is 1. The maximum atomic E-state index is 12.9. The standard InChI is InChI=1S/C23H21N3O4S/c1-13-17(9-14-5-6-16(29-3)11-19(14)24-13)22(27)26-23-25-20(12-31-23)18-10-15(28-2)7-8-21(18)30-4/h5-12H,1-4H3,(H,25,26,27). The van der Waals surface area contributed by atoms with Gasteiger partial charge < -0.3 is 14.2 Å². The molecule has 158 valence electrons. The second-order valence-electron chi connectivity index (χ2n) is 6.74. The minimum Gasteiger partial charge on any atom is -0.497 e. The Hall–Kier alpha value is -3.65. The fourth-order valence-electron chi connectivity index (χ4n) is 3.23. The zero-order valence-corrected chi connectivity index (χ0v) is 18.4. The van der Waals surface area contributed by atoms with Crippen LogP contribution in [0.2, 0.25) is 0 Å². The molecule has 1 N–H and O–H groups in total. The van der Waals surface area contributed by atoms with Crippen molar-refractivity contribution in [3.63, 3.8) is 0 Å². The molecule has 0 bridgehead atoms. The number of methoxy groups -OCH3 is 3. The number of anilines is 1. The van der Waals surface area contributed by atoms with Crippen molar-refractivity contribution < 1.29 is 19.0 Å². The highest BCUT2D eigenvalue weighted by Crippen LogP contribution is 2.35. The third-order valence-corrected chi connectivity index (χ3v) is 5.62. The van der Waals surface area contributed by atoms with Crippen LogP contribution in [0.3, 0.4) is 0 Å². The van der Waals surface area contributed by atoms with E-state index < -0.39 is 0 Å². The number of hydrogen-bond acceptors (Lipinski definition) is 7. The monoisotopic (exact) mass is 435 g/mol. The van der Waals surface area contributed by atoms with E-state index in [1.165, 1.54) is 11.3 Å². The van der Waals surface area contributed by atoms with Gasteiger partial charge in [-0.3, -0.25) is 15.1 Å². The normalized spacial score (nSPS) is 10.7. The first-order valence-electron chi connectivity index (χ1n) is 9.47. The summed E-state index contributed by atoms with van der Waals surface area (Å²) in [6, 6.07) is 12.9. The predicted octanol–water partition coefficient (Wildman–Crippen LogP) is 4.94. The predicted molar refractivity (Wildman–Crippen MR) is 122 cm³/mol. The Morgan fingerprint density at radius 1 is 0.935 bits per heavy atom. The molecule has 0 fully saturated rings. The van der Waals surface area contributed by atoms with Crippen molar-refractivity contribution in [1.82, 2.24) is 9.97 Å². The Kier molecular flexibility index (Phi) is 5.73. The topological polar surface area (TPSA) is 82.6 Å². The highest BCUT2D eigenvalue weighted by atomic mass is 32.1. The van der Waals surface area contributed by atoms with Crippen LogP contribution in [0.15, 0.2) is 47.8 Å². The fourth-order valence-corrected chi connectivity index (χ4v) is 3.94. The summed E-state index contributed by atoms with van der Waals surface area (Å²) in [7, 11) is 4.82. The molecule has 0 unspecified atom stereocenters. The van der Waals surface area contributed by atoms with E-state index >= 15 is 0 Å². The Labute approximate surface area is 183 Å². The van der Waals surface area contributed by atoms with Crippen molar-refractivity contribution in [2.24, 2.45) is 0 Å². The number of nitrogens with zero attached hydrogens (tertiary/aromatic N) is 2. The molecule has 4 aromatic rings. The Morgan fingerprint density at radius 3 is 2.42 bits per heavy atom. The molecule has 0 atom stereocenters. The number of aryl methyl sites for hydroxylation is 1. The van der Waals surface area contributed by atoms with Gasteiger partial charge in [-0.15, -0.1) is 11.3 Å². The zero-order chi connectivity index (χ0) is 22.0. The summed E-state index contributed by atoms with van der Waals surface area (Å²) < 4.78 is 16.0. The van der Waals surface area contributed by atoms with Gasteiger partial charge in [0, 0.05) is 22.4 Å².